The van der Waals surface area contributed by atoms with Gasteiger partial charge in [-0.25, -0.2) is 0 Å². The van der Waals surface area contributed by atoms with Gasteiger partial charge in [-0.3, -0.25) is 4.79 Å². The van der Waals surface area contributed by atoms with Crippen molar-refractivity contribution in [3.05, 3.63) is 33.8 Å². The van der Waals surface area contributed by atoms with Crippen molar-refractivity contribution < 1.29 is 9.53 Å². The number of halogens is 2. The fourth-order valence-corrected chi connectivity index (χ4v) is 1.71. The lowest BCUT2D eigenvalue weighted by Gasteiger charge is -2.08. The molecule has 0 saturated carbocycles. The Morgan fingerprint density at radius 2 is 2.06 bits per heavy atom. The van der Waals surface area contributed by atoms with Crippen molar-refractivity contribution in [2.45, 2.75) is 0 Å². The number of hydrogen-bond donors (Lipinski definition) is 2. The van der Waals surface area contributed by atoms with Crippen LogP contribution in [-0.2, 0) is 4.74 Å². The molecule has 0 atom stereocenters. The molecule has 0 aliphatic rings. The number of benzene rings is 1. The highest BCUT2D eigenvalue weighted by atomic mass is 35.5. The molecule has 0 aromatic heterocycles. The van der Waals surface area contributed by atoms with Crippen LogP contribution in [0.5, 0.6) is 0 Å². The molecule has 4 nitrogen and oxygen atoms in total. The lowest BCUT2D eigenvalue weighted by atomic mass is 10.2. The van der Waals surface area contributed by atoms with Crippen LogP contribution >= 0.6 is 23.2 Å². The summed E-state index contributed by atoms with van der Waals surface area (Å²) in [5.74, 6) is -0.226. The number of carbonyl (C=O) groups excluding carboxylic acids is 1. The Morgan fingerprint density at radius 1 is 1.28 bits per heavy atom. The molecular weight excluding hydrogens is 275 g/mol. The van der Waals surface area contributed by atoms with E-state index in [9.17, 15) is 4.79 Å². The van der Waals surface area contributed by atoms with E-state index in [1.54, 1.807) is 25.3 Å². The van der Waals surface area contributed by atoms with Gasteiger partial charge in [0.05, 0.1) is 17.2 Å². The van der Waals surface area contributed by atoms with Gasteiger partial charge in [0.15, 0.2) is 0 Å². The summed E-state index contributed by atoms with van der Waals surface area (Å²) >= 11 is 11.7. The second-order valence-corrected chi connectivity index (χ2v) is 4.47. The van der Waals surface area contributed by atoms with Crippen LogP contribution in [0, 0.1) is 0 Å². The predicted molar refractivity (Wildman–Crippen MR) is 73.5 cm³/mol. The first kappa shape index (κ1) is 15.2. The van der Waals surface area contributed by atoms with Crippen molar-refractivity contribution in [1.82, 2.24) is 10.6 Å². The Labute approximate surface area is 117 Å². The Balaban J connectivity index is 2.34. The zero-order chi connectivity index (χ0) is 13.4. The summed E-state index contributed by atoms with van der Waals surface area (Å²) < 4.78 is 4.89. The molecule has 0 heterocycles. The van der Waals surface area contributed by atoms with Crippen molar-refractivity contribution in [2.75, 3.05) is 33.4 Å². The Morgan fingerprint density at radius 3 is 2.78 bits per heavy atom. The average molecular weight is 291 g/mol. The molecule has 0 aliphatic carbocycles. The van der Waals surface area contributed by atoms with Gasteiger partial charge in [0, 0.05) is 31.8 Å². The molecule has 0 saturated heterocycles. The average Bonchev–Trinajstić information content (AvgIpc) is 2.36. The van der Waals surface area contributed by atoms with Gasteiger partial charge in [-0.15, -0.1) is 0 Å². The van der Waals surface area contributed by atoms with Gasteiger partial charge in [0.2, 0.25) is 0 Å². The first-order chi connectivity index (χ1) is 8.65. The van der Waals surface area contributed by atoms with E-state index in [1.807, 2.05) is 0 Å². The van der Waals surface area contributed by atoms with Crippen LogP contribution in [0.4, 0.5) is 0 Å². The number of carbonyl (C=O) groups is 1. The number of rotatable bonds is 7. The summed E-state index contributed by atoms with van der Waals surface area (Å²) in [5.41, 5.74) is 0.390. The third kappa shape index (κ3) is 5.23. The highest BCUT2D eigenvalue weighted by Gasteiger charge is 2.09. The smallest absolute Gasteiger partial charge is 0.252 e. The number of nitrogens with one attached hydrogen (secondary N) is 2. The molecule has 0 fully saturated rings. The predicted octanol–water partition coefficient (Wildman–Crippen LogP) is 1.96. The van der Waals surface area contributed by atoms with Gasteiger partial charge in [-0.2, -0.15) is 0 Å². The first-order valence-electron chi connectivity index (χ1n) is 5.58. The third-order valence-corrected chi connectivity index (χ3v) is 2.81. The molecule has 6 heteroatoms. The second kappa shape index (κ2) is 8.32. The minimum absolute atomic E-state index is 0.226. The third-order valence-electron chi connectivity index (χ3n) is 2.24. The molecule has 1 aromatic carbocycles. The fourth-order valence-electron chi connectivity index (χ4n) is 1.33. The normalized spacial score (nSPS) is 10.4. The maximum Gasteiger partial charge on any atom is 0.252 e. The Kier molecular flexibility index (Phi) is 7.05. The molecule has 0 bridgehead atoms. The summed E-state index contributed by atoms with van der Waals surface area (Å²) in [7, 11) is 1.64. The van der Waals surface area contributed by atoms with Gasteiger partial charge >= 0.3 is 0 Å². The van der Waals surface area contributed by atoms with E-state index in [-0.39, 0.29) is 5.91 Å². The van der Waals surface area contributed by atoms with E-state index in [4.69, 9.17) is 27.9 Å². The maximum atomic E-state index is 11.8. The maximum absolute atomic E-state index is 11.8. The van der Waals surface area contributed by atoms with E-state index in [0.29, 0.717) is 35.3 Å². The van der Waals surface area contributed by atoms with Gasteiger partial charge in [-0.1, -0.05) is 23.2 Å². The molecule has 100 valence electrons. The van der Waals surface area contributed by atoms with E-state index in [0.717, 1.165) is 6.54 Å². The van der Waals surface area contributed by atoms with Crippen LogP contribution in [0.3, 0.4) is 0 Å². The zero-order valence-corrected chi connectivity index (χ0v) is 11.6. The van der Waals surface area contributed by atoms with Gasteiger partial charge in [0.25, 0.3) is 5.91 Å². The highest BCUT2D eigenvalue weighted by Crippen LogP contribution is 2.20. The molecule has 0 aliphatic heterocycles. The standard InChI is InChI=1S/C12H16Cl2N2O2/c1-18-7-6-15-4-5-16-12(17)10-8-9(13)2-3-11(10)14/h2-3,8,15H,4-7H2,1H3,(H,16,17). The highest BCUT2D eigenvalue weighted by molar-refractivity contribution is 6.35. The van der Waals surface area contributed by atoms with E-state index in [2.05, 4.69) is 10.6 Å². The Bertz CT molecular complexity index is 400. The molecular formula is C12H16Cl2N2O2. The second-order valence-electron chi connectivity index (χ2n) is 3.62. The lowest BCUT2D eigenvalue weighted by molar-refractivity contribution is 0.0954. The lowest BCUT2D eigenvalue weighted by Crippen LogP contribution is -2.33. The molecule has 1 amide bonds. The number of ether oxygens (including phenoxy) is 1. The van der Waals surface area contributed by atoms with Crippen molar-refractivity contribution >= 4 is 29.1 Å². The summed E-state index contributed by atoms with van der Waals surface area (Å²) in [6.07, 6.45) is 0. The Hall–Kier alpha value is -0.810. The fraction of sp³-hybridized carbons (Fsp3) is 0.417. The van der Waals surface area contributed by atoms with Crippen molar-refractivity contribution in [3.63, 3.8) is 0 Å². The monoisotopic (exact) mass is 290 g/mol. The first-order valence-corrected chi connectivity index (χ1v) is 6.33. The van der Waals surface area contributed by atoms with Crippen molar-refractivity contribution in [3.8, 4) is 0 Å². The van der Waals surface area contributed by atoms with Crippen molar-refractivity contribution in [2.24, 2.45) is 0 Å². The largest absolute Gasteiger partial charge is 0.383 e. The van der Waals surface area contributed by atoms with E-state index in [1.165, 1.54) is 0 Å². The summed E-state index contributed by atoms with van der Waals surface area (Å²) in [4.78, 5) is 11.8. The molecule has 1 rings (SSSR count). The number of methoxy groups -OCH3 is 1. The van der Waals surface area contributed by atoms with Crippen LogP contribution in [-0.4, -0.2) is 39.3 Å². The molecule has 1 aromatic rings. The molecule has 0 radical (unpaired) electrons. The number of amides is 1. The minimum atomic E-state index is -0.226. The molecule has 18 heavy (non-hydrogen) atoms. The minimum Gasteiger partial charge on any atom is -0.383 e. The van der Waals surface area contributed by atoms with Gasteiger partial charge < -0.3 is 15.4 Å². The summed E-state index contributed by atoms with van der Waals surface area (Å²) in [6, 6.07) is 4.81. The van der Waals surface area contributed by atoms with Gasteiger partial charge in [-0.05, 0) is 18.2 Å². The van der Waals surface area contributed by atoms with Gasteiger partial charge in [0.1, 0.15) is 0 Å². The SMILES string of the molecule is COCCNCCNC(=O)c1cc(Cl)ccc1Cl. The molecule has 2 N–H and O–H groups in total. The van der Waals surface area contributed by atoms with E-state index < -0.39 is 0 Å². The van der Waals surface area contributed by atoms with Crippen LogP contribution in [0.2, 0.25) is 10.0 Å². The molecule has 0 spiro atoms. The quantitative estimate of drug-likeness (QED) is 0.755. The summed E-state index contributed by atoms with van der Waals surface area (Å²) in [5, 5.41) is 6.76. The van der Waals surface area contributed by atoms with E-state index >= 15 is 0 Å². The van der Waals surface area contributed by atoms with Crippen LogP contribution in [0.25, 0.3) is 0 Å². The summed E-state index contributed by atoms with van der Waals surface area (Å²) in [6.45, 7) is 2.59. The van der Waals surface area contributed by atoms with Crippen LogP contribution < -0.4 is 10.6 Å². The van der Waals surface area contributed by atoms with Crippen LogP contribution in [0.1, 0.15) is 10.4 Å². The molecule has 0 unspecified atom stereocenters. The number of hydrogen-bond acceptors (Lipinski definition) is 3. The van der Waals surface area contributed by atoms with Crippen LogP contribution in [0.15, 0.2) is 18.2 Å². The van der Waals surface area contributed by atoms with Crippen molar-refractivity contribution in [1.29, 1.82) is 0 Å². The topological polar surface area (TPSA) is 50.4 Å². The zero-order valence-electron chi connectivity index (χ0n) is 10.1.